The van der Waals surface area contributed by atoms with Crippen molar-refractivity contribution in [1.82, 2.24) is 14.9 Å². The van der Waals surface area contributed by atoms with E-state index in [9.17, 15) is 19.5 Å². The molecule has 3 aliphatic rings. The number of nitrogens with zero attached hydrogens (tertiary/aromatic N) is 1. The Kier molecular flexibility index (Phi) is 4.43. The number of ketones is 2. The van der Waals surface area contributed by atoms with Crippen LogP contribution in [0.1, 0.15) is 43.4 Å². The average Bonchev–Trinajstić information content (AvgIpc) is 3.21. The number of hydrogen-bond acceptors (Lipinski definition) is 7. The van der Waals surface area contributed by atoms with Gasteiger partial charge in [0.15, 0.2) is 11.5 Å². The first kappa shape index (κ1) is 21.5. The molecule has 1 saturated heterocycles. The second-order valence-electron chi connectivity index (χ2n) is 9.03. The summed E-state index contributed by atoms with van der Waals surface area (Å²) >= 11 is 0. The van der Waals surface area contributed by atoms with Crippen LogP contribution in [0.15, 0.2) is 30.0 Å². The van der Waals surface area contributed by atoms with Crippen molar-refractivity contribution >= 4 is 28.4 Å². The number of hydrogen-bond donors (Lipinski definition) is 3. The van der Waals surface area contributed by atoms with E-state index in [1.807, 2.05) is 0 Å². The van der Waals surface area contributed by atoms with Crippen LogP contribution in [-0.2, 0) is 5.41 Å². The lowest BCUT2D eigenvalue weighted by atomic mass is 9.85. The summed E-state index contributed by atoms with van der Waals surface area (Å²) in [6, 6.07) is 5.14. The summed E-state index contributed by atoms with van der Waals surface area (Å²) in [5, 5.41) is 9.95. The number of aromatic nitrogens is 2. The summed E-state index contributed by atoms with van der Waals surface area (Å²) < 4.78 is 16.4. The maximum Gasteiger partial charge on any atom is 0.274 e. The highest BCUT2D eigenvalue weighted by molar-refractivity contribution is 6.10. The first-order valence-corrected chi connectivity index (χ1v) is 11.2. The monoisotopic (exact) mass is 477 g/mol. The third-order valence-electron chi connectivity index (χ3n) is 7.41. The summed E-state index contributed by atoms with van der Waals surface area (Å²) in [5.41, 5.74) is 2.40. The lowest BCUT2D eigenvalue weighted by Crippen LogP contribution is -2.33. The van der Waals surface area contributed by atoms with Gasteiger partial charge in [-0.25, -0.2) is 0 Å². The Balaban J connectivity index is 1.40. The zero-order valence-electron chi connectivity index (χ0n) is 19.4. The third kappa shape index (κ3) is 2.71. The molecule has 1 aliphatic heterocycles. The number of benzene rings is 1. The van der Waals surface area contributed by atoms with Crippen molar-refractivity contribution in [3.63, 3.8) is 0 Å². The topological polar surface area (TPSA) is 134 Å². The Morgan fingerprint density at radius 1 is 1.09 bits per heavy atom. The Morgan fingerprint density at radius 2 is 1.86 bits per heavy atom. The van der Waals surface area contributed by atoms with Crippen LogP contribution >= 0.6 is 0 Å². The molecule has 1 aromatic carbocycles. The fourth-order valence-corrected chi connectivity index (χ4v) is 5.73. The number of amides is 1. The predicted molar refractivity (Wildman–Crippen MR) is 123 cm³/mol. The maximum atomic E-state index is 13.7. The van der Waals surface area contributed by atoms with Crippen LogP contribution in [0.25, 0.3) is 10.9 Å². The molecule has 3 N–H and O–H groups in total. The van der Waals surface area contributed by atoms with Crippen LogP contribution in [-0.4, -0.2) is 71.9 Å². The zero-order chi connectivity index (χ0) is 24.6. The summed E-state index contributed by atoms with van der Waals surface area (Å²) in [4.78, 5) is 46.3. The maximum absolute atomic E-state index is 13.7. The van der Waals surface area contributed by atoms with Crippen LogP contribution < -0.4 is 14.2 Å². The van der Waals surface area contributed by atoms with Crippen molar-refractivity contribution in [3.05, 3.63) is 52.6 Å². The molecule has 2 aliphatic carbocycles. The van der Waals surface area contributed by atoms with E-state index in [0.29, 0.717) is 46.4 Å². The molecule has 3 heterocycles. The second-order valence-corrected chi connectivity index (χ2v) is 9.03. The number of aromatic amines is 2. The number of ether oxygens (including phenoxy) is 3. The van der Waals surface area contributed by atoms with Crippen molar-refractivity contribution in [2.45, 2.75) is 11.8 Å². The minimum Gasteiger partial charge on any atom is -0.493 e. The van der Waals surface area contributed by atoms with Crippen molar-refractivity contribution in [2.24, 2.45) is 5.92 Å². The molecule has 2 aromatic heterocycles. The summed E-state index contributed by atoms with van der Waals surface area (Å²) in [5.74, 6) is 0.422. The summed E-state index contributed by atoms with van der Waals surface area (Å²) in [6.45, 7) is -0.181. The quantitative estimate of drug-likeness (QED) is 0.464. The number of aliphatic hydroxyl groups is 1. The van der Waals surface area contributed by atoms with E-state index in [2.05, 4.69) is 9.97 Å². The van der Waals surface area contributed by atoms with Gasteiger partial charge in [0.25, 0.3) is 5.91 Å². The number of likely N-dealkylation sites (tertiary alicyclic amines) is 1. The van der Waals surface area contributed by atoms with E-state index < -0.39 is 17.8 Å². The number of allylic oxidation sites excluding steroid dienone is 2. The van der Waals surface area contributed by atoms with Crippen molar-refractivity contribution in [3.8, 4) is 17.2 Å². The smallest absolute Gasteiger partial charge is 0.274 e. The highest BCUT2D eigenvalue weighted by Crippen LogP contribution is 2.66. The number of nitrogens with one attached hydrogen (secondary N) is 2. The van der Waals surface area contributed by atoms with E-state index in [1.165, 1.54) is 27.4 Å². The Hall–Kier alpha value is -4.05. The molecule has 2 atom stereocenters. The van der Waals surface area contributed by atoms with Gasteiger partial charge in [-0.05, 0) is 36.1 Å². The average molecular weight is 477 g/mol. The second kappa shape index (κ2) is 7.22. The molecule has 1 spiro atoms. The number of methoxy groups -OCH3 is 3. The highest BCUT2D eigenvalue weighted by Gasteiger charge is 2.67. The molecule has 10 heteroatoms. The van der Waals surface area contributed by atoms with Gasteiger partial charge in [0.2, 0.25) is 17.3 Å². The lowest BCUT2D eigenvalue weighted by molar-refractivity contribution is 0.0806. The van der Waals surface area contributed by atoms with E-state index in [0.717, 1.165) is 17.4 Å². The molecule has 0 bridgehead atoms. The summed E-state index contributed by atoms with van der Waals surface area (Å²) in [6.07, 6.45) is 2.29. The van der Waals surface area contributed by atoms with Gasteiger partial charge >= 0.3 is 0 Å². The van der Waals surface area contributed by atoms with Gasteiger partial charge in [0.05, 0.1) is 38.2 Å². The van der Waals surface area contributed by atoms with Crippen molar-refractivity contribution in [1.29, 1.82) is 0 Å². The number of H-pyrrole nitrogens is 2. The van der Waals surface area contributed by atoms with Crippen molar-refractivity contribution in [2.75, 3.05) is 34.5 Å². The van der Waals surface area contributed by atoms with E-state index in [4.69, 9.17) is 14.2 Å². The molecule has 0 radical (unpaired) electrons. The molecule has 6 rings (SSSR count). The summed E-state index contributed by atoms with van der Waals surface area (Å²) in [7, 11) is 4.55. The largest absolute Gasteiger partial charge is 0.493 e. The molecule has 1 amide bonds. The molecule has 2 fully saturated rings. The van der Waals surface area contributed by atoms with Gasteiger partial charge < -0.3 is 34.2 Å². The normalized spacial score (nSPS) is 21.8. The fraction of sp³-hybridized carbons (Fsp3) is 0.320. The fourth-order valence-electron chi connectivity index (χ4n) is 5.73. The Bertz CT molecular complexity index is 1480. The van der Waals surface area contributed by atoms with Gasteiger partial charge in [-0.15, -0.1) is 0 Å². The van der Waals surface area contributed by atoms with E-state index >= 15 is 0 Å². The Morgan fingerprint density at radius 3 is 2.54 bits per heavy atom. The number of carbonyl (C=O) groups is 3. The molecule has 10 nitrogen and oxygen atoms in total. The van der Waals surface area contributed by atoms with Gasteiger partial charge in [-0.3, -0.25) is 14.4 Å². The van der Waals surface area contributed by atoms with E-state index in [1.54, 1.807) is 23.1 Å². The number of carbonyl (C=O) groups excluding carboxylic acids is 3. The predicted octanol–water partition coefficient (Wildman–Crippen LogP) is 2.19. The minimum absolute atomic E-state index is 0.150. The van der Waals surface area contributed by atoms with Gasteiger partial charge in [0.1, 0.15) is 12.3 Å². The van der Waals surface area contributed by atoms with Crippen LogP contribution in [0.5, 0.6) is 17.2 Å². The SMILES string of the molecule is COc1cc2cc(C(=O)N3CC4CC45C3=CC(=O)c3[nH]c(C(=O)CO)cc35)[nH]c2c(OC)c1OC. The molecule has 35 heavy (non-hydrogen) atoms. The van der Waals surface area contributed by atoms with Gasteiger partial charge in [0, 0.05) is 29.1 Å². The molecule has 2 unspecified atom stereocenters. The molecule has 180 valence electrons. The first-order valence-electron chi connectivity index (χ1n) is 11.2. The zero-order valence-corrected chi connectivity index (χ0v) is 19.4. The lowest BCUT2D eigenvalue weighted by Gasteiger charge is -2.27. The van der Waals surface area contributed by atoms with Crippen LogP contribution in [0.3, 0.4) is 0 Å². The number of rotatable bonds is 6. The van der Waals surface area contributed by atoms with Gasteiger partial charge in [-0.1, -0.05) is 0 Å². The third-order valence-corrected chi connectivity index (χ3v) is 7.41. The molecule has 3 aromatic rings. The van der Waals surface area contributed by atoms with Crippen LogP contribution in [0, 0.1) is 5.92 Å². The molecular weight excluding hydrogens is 454 g/mol. The number of aliphatic hydroxyl groups excluding tert-OH is 1. The van der Waals surface area contributed by atoms with Gasteiger partial charge in [-0.2, -0.15) is 0 Å². The van der Waals surface area contributed by atoms with E-state index in [-0.39, 0.29) is 23.3 Å². The number of Topliss-reactive ketones (excluding diaryl/α,β-unsaturated/α-hetero) is 1. The molecule has 1 saturated carbocycles. The molecular formula is C25H23N3O7. The van der Waals surface area contributed by atoms with Crippen LogP contribution in [0.4, 0.5) is 0 Å². The highest BCUT2D eigenvalue weighted by atomic mass is 16.5. The standard InChI is InChI=1S/C25H23N3O7/c1-33-18-5-11-4-15(27-20(11)23(35-3)22(18)34-2)24(32)28-9-12-8-25(12)13-6-14(17(31)10-29)26-21(13)16(30)7-19(25)28/h4-7,12,26-27,29H,8-10H2,1-3H3. The first-order chi connectivity index (χ1) is 16.9. The van der Waals surface area contributed by atoms with Crippen LogP contribution in [0.2, 0.25) is 0 Å². The number of piperidine rings is 1. The Labute approximate surface area is 199 Å². The minimum atomic E-state index is -0.645. The van der Waals surface area contributed by atoms with Crippen molar-refractivity contribution < 1.29 is 33.7 Å². The number of fused-ring (bicyclic) bond motifs is 2.